The van der Waals surface area contributed by atoms with E-state index < -0.39 is 10.0 Å². The van der Waals surface area contributed by atoms with E-state index in [1.807, 2.05) is 0 Å². The van der Waals surface area contributed by atoms with E-state index in [9.17, 15) is 13.2 Å². The number of anilines is 2. The molecule has 2 aromatic rings. The van der Waals surface area contributed by atoms with E-state index in [4.69, 9.17) is 4.74 Å². The largest absolute Gasteiger partial charge is 0.379 e. The summed E-state index contributed by atoms with van der Waals surface area (Å²) in [6, 6.07) is 12.9. The van der Waals surface area contributed by atoms with Crippen LogP contribution >= 0.6 is 0 Å². The molecule has 8 heteroatoms. The molecule has 0 unspecified atom stereocenters. The van der Waals surface area contributed by atoms with Crippen molar-refractivity contribution in [1.82, 2.24) is 4.31 Å². The van der Waals surface area contributed by atoms with Crippen LogP contribution in [-0.4, -0.2) is 58.0 Å². The summed E-state index contributed by atoms with van der Waals surface area (Å²) in [5.74, 6) is 0.364. The number of nitrogens with one attached hydrogen (secondary N) is 1. The topological polar surface area (TPSA) is 79.0 Å². The number of carbonyl (C=O) groups is 1. The zero-order valence-corrected chi connectivity index (χ0v) is 19.5. The molecule has 1 saturated heterocycles. The molecule has 32 heavy (non-hydrogen) atoms. The molecule has 0 aromatic heterocycles. The zero-order valence-electron chi connectivity index (χ0n) is 18.7. The fourth-order valence-corrected chi connectivity index (χ4v) is 5.65. The van der Waals surface area contributed by atoms with Crippen LogP contribution < -0.4 is 10.2 Å². The molecule has 2 aromatic carbocycles. The van der Waals surface area contributed by atoms with Crippen LogP contribution in [0.2, 0.25) is 0 Å². The number of morpholine rings is 1. The lowest BCUT2D eigenvalue weighted by atomic mass is 9.95. The highest BCUT2D eigenvalue weighted by Crippen LogP contribution is 2.30. The van der Waals surface area contributed by atoms with Crippen LogP contribution in [0.3, 0.4) is 0 Å². The minimum absolute atomic E-state index is 0.116. The predicted molar refractivity (Wildman–Crippen MR) is 126 cm³/mol. The lowest BCUT2D eigenvalue weighted by molar-refractivity contribution is -0.115. The van der Waals surface area contributed by atoms with Gasteiger partial charge in [-0.25, -0.2) is 8.42 Å². The highest BCUT2D eigenvalue weighted by atomic mass is 32.2. The summed E-state index contributed by atoms with van der Waals surface area (Å²) < 4.78 is 32.2. The van der Waals surface area contributed by atoms with Gasteiger partial charge in [0.05, 0.1) is 24.7 Å². The number of benzene rings is 2. The van der Waals surface area contributed by atoms with Crippen LogP contribution in [0, 0.1) is 0 Å². The van der Waals surface area contributed by atoms with Gasteiger partial charge in [0, 0.05) is 31.0 Å². The molecule has 4 rings (SSSR count). The molecule has 0 aliphatic carbocycles. The fourth-order valence-electron chi connectivity index (χ4n) is 4.24. The van der Waals surface area contributed by atoms with E-state index in [1.165, 1.54) is 15.4 Å². The van der Waals surface area contributed by atoms with Gasteiger partial charge in [-0.1, -0.05) is 26.0 Å². The summed E-state index contributed by atoms with van der Waals surface area (Å²) in [4.78, 5) is 15.0. The number of hydrogen-bond acceptors (Lipinski definition) is 5. The van der Waals surface area contributed by atoms with Crippen molar-refractivity contribution in [2.24, 2.45) is 0 Å². The first-order chi connectivity index (χ1) is 15.3. The normalized spacial score (nSPS) is 17.3. The summed E-state index contributed by atoms with van der Waals surface area (Å²) >= 11 is 0. The second-order valence-corrected chi connectivity index (χ2v) is 10.6. The number of fused-ring (bicyclic) bond motifs is 1. The van der Waals surface area contributed by atoms with Crippen molar-refractivity contribution in [2.45, 2.75) is 37.5 Å². The molecule has 2 aliphatic heterocycles. The maximum atomic E-state index is 12.7. The van der Waals surface area contributed by atoms with Crippen LogP contribution in [0.5, 0.6) is 0 Å². The van der Waals surface area contributed by atoms with Crippen LogP contribution in [0.1, 0.15) is 37.3 Å². The maximum Gasteiger partial charge on any atom is 0.243 e. The molecule has 0 atom stereocenters. The number of sulfonamides is 1. The number of nitrogens with zero attached hydrogens (tertiary/aromatic N) is 2. The van der Waals surface area contributed by atoms with Crippen molar-refractivity contribution in [3.05, 3.63) is 53.6 Å². The van der Waals surface area contributed by atoms with Gasteiger partial charge < -0.3 is 15.0 Å². The first-order valence-electron chi connectivity index (χ1n) is 11.2. The lowest BCUT2D eigenvalue weighted by Gasteiger charge is -2.31. The van der Waals surface area contributed by atoms with Gasteiger partial charge in [-0.05, 0) is 60.2 Å². The van der Waals surface area contributed by atoms with Crippen LogP contribution in [0.4, 0.5) is 11.4 Å². The standard InChI is InChI=1S/C24H31N3O4S/c1-18(2)19-5-10-23-20(16-19)4-3-11-26(23)17-24(28)25-21-6-8-22(9-7-21)32(29,30)27-12-14-31-15-13-27/h5-10,16,18H,3-4,11-15,17H2,1-2H3,(H,25,28). The third-order valence-corrected chi connectivity index (χ3v) is 7.98. The summed E-state index contributed by atoms with van der Waals surface area (Å²) in [5, 5.41) is 2.90. The first kappa shape index (κ1) is 22.8. The number of amides is 1. The Balaban J connectivity index is 1.40. The molecule has 1 fully saturated rings. The van der Waals surface area contributed by atoms with E-state index in [0.29, 0.717) is 37.9 Å². The number of rotatable bonds is 6. The Morgan fingerprint density at radius 2 is 1.78 bits per heavy atom. The molecule has 2 aliphatic rings. The lowest BCUT2D eigenvalue weighted by Crippen LogP contribution is -2.40. The number of aryl methyl sites for hydroxylation is 1. The quantitative estimate of drug-likeness (QED) is 0.721. The number of hydrogen-bond donors (Lipinski definition) is 1. The molecule has 0 saturated carbocycles. The average Bonchev–Trinajstić information content (AvgIpc) is 2.80. The number of ether oxygens (including phenoxy) is 1. The Morgan fingerprint density at radius 1 is 1.06 bits per heavy atom. The van der Waals surface area contributed by atoms with Crippen LogP contribution in [-0.2, 0) is 26.0 Å². The van der Waals surface area contributed by atoms with E-state index >= 15 is 0 Å². The summed E-state index contributed by atoms with van der Waals surface area (Å²) in [6.45, 7) is 7.02. The molecule has 1 N–H and O–H groups in total. The first-order valence-corrected chi connectivity index (χ1v) is 12.6. The van der Waals surface area contributed by atoms with Crippen molar-refractivity contribution in [3.8, 4) is 0 Å². The fraction of sp³-hybridized carbons (Fsp3) is 0.458. The molecular weight excluding hydrogens is 426 g/mol. The van der Waals surface area contributed by atoms with E-state index in [0.717, 1.165) is 25.1 Å². The Bertz CT molecular complexity index is 1060. The average molecular weight is 458 g/mol. The van der Waals surface area contributed by atoms with E-state index in [2.05, 4.69) is 42.3 Å². The smallest absolute Gasteiger partial charge is 0.243 e. The third kappa shape index (κ3) is 4.98. The molecule has 1 amide bonds. The van der Waals surface area contributed by atoms with Crippen molar-refractivity contribution in [3.63, 3.8) is 0 Å². The summed E-state index contributed by atoms with van der Waals surface area (Å²) in [6.07, 6.45) is 2.06. The van der Waals surface area contributed by atoms with Gasteiger partial charge in [-0.2, -0.15) is 4.31 Å². The highest BCUT2D eigenvalue weighted by Gasteiger charge is 2.26. The van der Waals surface area contributed by atoms with Gasteiger partial charge in [0.25, 0.3) is 0 Å². The minimum Gasteiger partial charge on any atom is -0.379 e. The molecule has 0 radical (unpaired) electrons. The molecular formula is C24H31N3O4S. The Hall–Kier alpha value is -2.42. The van der Waals surface area contributed by atoms with Crippen molar-refractivity contribution in [2.75, 3.05) is 49.6 Å². The molecule has 0 spiro atoms. The van der Waals surface area contributed by atoms with Crippen molar-refractivity contribution < 1.29 is 17.9 Å². The van der Waals surface area contributed by atoms with Gasteiger partial charge >= 0.3 is 0 Å². The van der Waals surface area contributed by atoms with Crippen LogP contribution in [0.15, 0.2) is 47.4 Å². The van der Waals surface area contributed by atoms with Gasteiger partial charge in [0.2, 0.25) is 15.9 Å². The predicted octanol–water partition coefficient (Wildman–Crippen LogP) is 3.22. The monoisotopic (exact) mass is 457 g/mol. The molecule has 7 nitrogen and oxygen atoms in total. The van der Waals surface area contributed by atoms with Gasteiger partial charge in [0.1, 0.15) is 0 Å². The van der Waals surface area contributed by atoms with Gasteiger partial charge in [-0.3, -0.25) is 4.79 Å². The molecule has 2 heterocycles. The minimum atomic E-state index is -3.54. The van der Waals surface area contributed by atoms with Crippen molar-refractivity contribution >= 4 is 27.3 Å². The maximum absolute atomic E-state index is 12.7. The second kappa shape index (κ2) is 9.60. The second-order valence-electron chi connectivity index (χ2n) is 8.66. The van der Waals surface area contributed by atoms with Gasteiger partial charge in [0.15, 0.2) is 0 Å². The highest BCUT2D eigenvalue weighted by molar-refractivity contribution is 7.89. The third-order valence-electron chi connectivity index (χ3n) is 6.07. The van der Waals surface area contributed by atoms with E-state index in [-0.39, 0.29) is 17.3 Å². The SMILES string of the molecule is CC(C)c1ccc2c(c1)CCCN2CC(=O)Nc1ccc(S(=O)(=O)N2CCOCC2)cc1. The Labute approximate surface area is 190 Å². The molecule has 0 bridgehead atoms. The number of carbonyl (C=O) groups excluding carboxylic acids is 1. The van der Waals surface area contributed by atoms with E-state index in [1.54, 1.807) is 24.3 Å². The van der Waals surface area contributed by atoms with Gasteiger partial charge in [-0.15, -0.1) is 0 Å². The summed E-state index contributed by atoms with van der Waals surface area (Å²) in [7, 11) is -3.54. The Kier molecular flexibility index (Phi) is 6.83. The van der Waals surface area contributed by atoms with Crippen molar-refractivity contribution in [1.29, 1.82) is 0 Å². The Morgan fingerprint density at radius 3 is 2.47 bits per heavy atom. The molecule has 172 valence electrons. The van der Waals surface area contributed by atoms with Crippen LogP contribution in [0.25, 0.3) is 0 Å². The summed E-state index contributed by atoms with van der Waals surface area (Å²) in [5.41, 5.74) is 4.33. The zero-order chi connectivity index (χ0) is 22.7.